The Bertz CT molecular complexity index is 769. The fourth-order valence-corrected chi connectivity index (χ4v) is 3.49. The second-order valence-corrected chi connectivity index (χ2v) is 6.59. The Morgan fingerprint density at radius 2 is 1.58 bits per heavy atom. The van der Waals surface area contributed by atoms with E-state index in [0.29, 0.717) is 20.7 Å². The van der Waals surface area contributed by atoms with Crippen LogP contribution >= 0.6 is 31.9 Å². The highest BCUT2D eigenvalue weighted by Gasteiger charge is 2.15. The average molecular weight is 463 g/mol. The summed E-state index contributed by atoms with van der Waals surface area (Å²) in [6.45, 7) is 1.30. The highest BCUT2D eigenvalue weighted by molar-refractivity contribution is 9.11. The van der Waals surface area contributed by atoms with Crippen LogP contribution in [0.3, 0.4) is 0 Å². The number of carbonyl (C=O) groups excluding carboxylic acids is 2. The first-order valence-corrected chi connectivity index (χ1v) is 8.23. The maximum absolute atomic E-state index is 13.1. The Hall–Kier alpha value is -1.80. The second-order valence-electron chi connectivity index (χ2n) is 4.89. The van der Waals surface area contributed by atoms with Crippen molar-refractivity contribution < 1.29 is 23.1 Å². The van der Waals surface area contributed by atoms with Crippen molar-refractivity contribution in [2.75, 3.05) is 11.9 Å². The van der Waals surface area contributed by atoms with Gasteiger partial charge in [-0.1, -0.05) is 0 Å². The number of nitrogens with one attached hydrogen (secondary N) is 1. The van der Waals surface area contributed by atoms with Crippen molar-refractivity contribution >= 4 is 49.4 Å². The number of halogens is 4. The number of anilines is 1. The fourth-order valence-electron chi connectivity index (χ4n) is 1.88. The molecule has 0 spiro atoms. The lowest BCUT2D eigenvalue weighted by atomic mass is 10.2. The van der Waals surface area contributed by atoms with E-state index in [1.807, 2.05) is 19.1 Å². The zero-order valence-corrected chi connectivity index (χ0v) is 15.5. The molecule has 0 aromatic heterocycles. The molecule has 0 atom stereocenters. The van der Waals surface area contributed by atoms with Crippen LogP contribution in [-0.2, 0) is 9.53 Å². The number of hydrogen-bond acceptors (Lipinski definition) is 3. The predicted molar refractivity (Wildman–Crippen MR) is 91.8 cm³/mol. The third kappa shape index (κ3) is 4.85. The highest BCUT2D eigenvalue weighted by Crippen LogP contribution is 2.32. The minimum atomic E-state index is -0.995. The molecule has 8 heteroatoms. The Balaban J connectivity index is 2.00. The zero-order chi connectivity index (χ0) is 17.9. The number of ether oxygens (including phenoxy) is 1. The van der Waals surface area contributed by atoms with Gasteiger partial charge in [-0.3, -0.25) is 4.79 Å². The van der Waals surface area contributed by atoms with E-state index in [1.165, 1.54) is 0 Å². The molecule has 0 aliphatic rings. The van der Waals surface area contributed by atoms with E-state index in [1.54, 1.807) is 0 Å². The molecule has 0 radical (unpaired) electrons. The van der Waals surface area contributed by atoms with Crippen LogP contribution < -0.4 is 5.32 Å². The average Bonchev–Trinajstić information content (AvgIpc) is 2.47. The summed E-state index contributed by atoms with van der Waals surface area (Å²) >= 11 is 6.65. The number of carbonyl (C=O) groups is 2. The lowest BCUT2D eigenvalue weighted by Crippen LogP contribution is -2.21. The summed E-state index contributed by atoms with van der Waals surface area (Å²) in [5, 5.41) is 2.58. The molecule has 0 aliphatic heterocycles. The first kappa shape index (κ1) is 18.5. The first-order valence-electron chi connectivity index (χ1n) is 6.65. The molecule has 0 unspecified atom stereocenters. The van der Waals surface area contributed by atoms with Gasteiger partial charge in [0.2, 0.25) is 0 Å². The molecule has 4 nitrogen and oxygen atoms in total. The maximum Gasteiger partial charge on any atom is 0.338 e. The molecule has 0 aliphatic carbocycles. The van der Waals surface area contributed by atoms with Gasteiger partial charge in [-0.15, -0.1) is 0 Å². The van der Waals surface area contributed by atoms with Crippen molar-refractivity contribution in [2.45, 2.75) is 6.92 Å². The zero-order valence-electron chi connectivity index (χ0n) is 12.3. The molecule has 1 amide bonds. The Morgan fingerprint density at radius 3 is 2.12 bits per heavy atom. The molecule has 0 fully saturated rings. The molecule has 2 aromatic carbocycles. The van der Waals surface area contributed by atoms with Crippen LogP contribution in [0.5, 0.6) is 0 Å². The molecular weight excluding hydrogens is 452 g/mol. The maximum atomic E-state index is 13.1. The van der Waals surface area contributed by atoms with Crippen LogP contribution in [0.15, 0.2) is 39.3 Å². The van der Waals surface area contributed by atoms with Gasteiger partial charge in [0.05, 0.1) is 11.3 Å². The second kappa shape index (κ2) is 7.85. The number of hydrogen-bond donors (Lipinski definition) is 1. The smallest absolute Gasteiger partial charge is 0.338 e. The van der Waals surface area contributed by atoms with Crippen molar-refractivity contribution in [3.8, 4) is 0 Å². The van der Waals surface area contributed by atoms with Crippen LogP contribution in [-0.4, -0.2) is 18.5 Å². The predicted octanol–water partition coefficient (Wildman–Crippen LogP) is 4.59. The topological polar surface area (TPSA) is 55.4 Å². The van der Waals surface area contributed by atoms with E-state index in [0.717, 1.165) is 17.7 Å². The summed E-state index contributed by atoms with van der Waals surface area (Å²) in [5.74, 6) is -3.39. The van der Waals surface area contributed by atoms with Gasteiger partial charge in [0.25, 0.3) is 5.91 Å². The Morgan fingerprint density at radius 1 is 1.04 bits per heavy atom. The van der Waals surface area contributed by atoms with Crippen molar-refractivity contribution in [3.05, 3.63) is 62.0 Å². The van der Waals surface area contributed by atoms with E-state index in [-0.39, 0.29) is 5.56 Å². The molecule has 2 rings (SSSR count). The minimum Gasteiger partial charge on any atom is -0.452 e. The summed E-state index contributed by atoms with van der Waals surface area (Å²) in [5.41, 5.74) is 1.16. The van der Waals surface area contributed by atoms with E-state index in [2.05, 4.69) is 37.2 Å². The number of benzene rings is 2. The quantitative estimate of drug-likeness (QED) is 0.676. The molecule has 2 aromatic rings. The van der Waals surface area contributed by atoms with Crippen LogP contribution in [0.1, 0.15) is 15.9 Å². The van der Waals surface area contributed by atoms with Gasteiger partial charge in [-0.25, -0.2) is 13.6 Å². The SMILES string of the molecule is Cc1cc(Br)c(NC(=O)COC(=O)c2cc(F)cc(F)c2)c(Br)c1. The molecule has 24 heavy (non-hydrogen) atoms. The van der Waals surface area contributed by atoms with Crippen LogP contribution in [0, 0.1) is 18.6 Å². The highest BCUT2D eigenvalue weighted by atomic mass is 79.9. The van der Waals surface area contributed by atoms with Crippen LogP contribution in [0.2, 0.25) is 0 Å². The molecule has 0 saturated carbocycles. The van der Waals surface area contributed by atoms with Gasteiger partial charge in [0, 0.05) is 15.0 Å². The monoisotopic (exact) mass is 461 g/mol. The van der Waals surface area contributed by atoms with Gasteiger partial charge in [-0.2, -0.15) is 0 Å². The van der Waals surface area contributed by atoms with Crippen LogP contribution in [0.4, 0.5) is 14.5 Å². The Kier molecular flexibility index (Phi) is 6.06. The Labute approximate surface area is 153 Å². The largest absolute Gasteiger partial charge is 0.452 e. The van der Waals surface area contributed by atoms with Crippen molar-refractivity contribution in [3.63, 3.8) is 0 Å². The lowest BCUT2D eigenvalue weighted by molar-refractivity contribution is -0.119. The normalized spacial score (nSPS) is 10.4. The van der Waals surface area contributed by atoms with Gasteiger partial charge >= 0.3 is 5.97 Å². The third-order valence-corrected chi connectivity index (χ3v) is 4.13. The van der Waals surface area contributed by atoms with Gasteiger partial charge in [0.1, 0.15) is 11.6 Å². The van der Waals surface area contributed by atoms with E-state index >= 15 is 0 Å². The minimum absolute atomic E-state index is 0.307. The number of aryl methyl sites for hydroxylation is 1. The van der Waals surface area contributed by atoms with E-state index < -0.39 is 30.1 Å². The number of rotatable bonds is 4. The molecule has 0 saturated heterocycles. The molecule has 0 bridgehead atoms. The first-order chi connectivity index (χ1) is 11.3. The molecule has 0 heterocycles. The van der Waals surface area contributed by atoms with Crippen molar-refractivity contribution in [1.82, 2.24) is 0 Å². The van der Waals surface area contributed by atoms with Gasteiger partial charge in [-0.05, 0) is 68.6 Å². The van der Waals surface area contributed by atoms with Gasteiger partial charge in [0.15, 0.2) is 6.61 Å². The lowest BCUT2D eigenvalue weighted by Gasteiger charge is -2.11. The molecule has 126 valence electrons. The summed E-state index contributed by atoms with van der Waals surface area (Å²) < 4.78 is 32.2. The van der Waals surface area contributed by atoms with Crippen LogP contribution in [0.25, 0.3) is 0 Å². The standard InChI is InChI=1S/C16H11Br2F2NO3/c1-8-2-12(17)15(13(18)3-8)21-14(22)7-24-16(23)9-4-10(19)6-11(20)5-9/h2-6H,7H2,1H3,(H,21,22). The summed E-state index contributed by atoms with van der Waals surface area (Å²) in [4.78, 5) is 23.6. The molecule has 1 N–H and O–H groups in total. The molecular formula is C16H11Br2F2NO3. The summed E-state index contributed by atoms with van der Waals surface area (Å²) in [7, 11) is 0. The summed E-state index contributed by atoms with van der Waals surface area (Å²) in [6.07, 6.45) is 0. The van der Waals surface area contributed by atoms with E-state index in [4.69, 9.17) is 4.74 Å². The van der Waals surface area contributed by atoms with Crippen molar-refractivity contribution in [2.24, 2.45) is 0 Å². The van der Waals surface area contributed by atoms with E-state index in [9.17, 15) is 18.4 Å². The third-order valence-electron chi connectivity index (χ3n) is 2.88. The number of amides is 1. The summed E-state index contributed by atoms with van der Waals surface area (Å²) in [6, 6.07) is 5.91. The van der Waals surface area contributed by atoms with Crippen molar-refractivity contribution in [1.29, 1.82) is 0 Å². The number of esters is 1. The fraction of sp³-hybridized carbons (Fsp3) is 0.125. The van der Waals surface area contributed by atoms with Gasteiger partial charge < -0.3 is 10.1 Å².